The van der Waals surface area contributed by atoms with E-state index in [2.05, 4.69) is 25.1 Å². The third-order valence-corrected chi connectivity index (χ3v) is 1.22. The van der Waals surface area contributed by atoms with E-state index in [0.29, 0.717) is 0 Å². The first kappa shape index (κ1) is 11.7. The zero-order valence-corrected chi connectivity index (χ0v) is 8.53. The van der Waals surface area contributed by atoms with Gasteiger partial charge in [-0.3, -0.25) is 0 Å². The van der Waals surface area contributed by atoms with Crippen LogP contribution in [-0.2, 0) is 4.37 Å². The molecule has 0 N–H and O–H groups in total. The van der Waals surface area contributed by atoms with Crippen LogP contribution in [0.25, 0.3) is 0 Å². The Morgan fingerprint density at radius 1 is 0.875 bits per heavy atom. The minimum atomic E-state index is 0. The van der Waals surface area contributed by atoms with Gasteiger partial charge < -0.3 is 4.37 Å². The second-order valence-electron chi connectivity index (χ2n) is 1.48. The van der Waals surface area contributed by atoms with E-state index in [4.69, 9.17) is 0 Å². The van der Waals surface area contributed by atoms with Crippen LogP contribution in [0.4, 0.5) is 0 Å². The van der Waals surface area contributed by atoms with E-state index in [-0.39, 0.29) is 29.6 Å². The summed E-state index contributed by atoms with van der Waals surface area (Å²) in [6, 6.07) is 0. The first-order valence-electron chi connectivity index (χ1n) is 2.99. The van der Waals surface area contributed by atoms with Gasteiger partial charge in [-0.25, -0.2) is 0 Å². The van der Waals surface area contributed by atoms with E-state index >= 15 is 0 Å². The molecule has 0 radical (unpaired) electrons. The van der Waals surface area contributed by atoms with Crippen LogP contribution in [0.3, 0.4) is 0 Å². The fraction of sp³-hybridized carbons (Fsp3) is 1.00. The quantitative estimate of drug-likeness (QED) is 0.323. The predicted octanol–water partition coefficient (Wildman–Crippen LogP) is -1.40. The molecule has 8 heavy (non-hydrogen) atoms. The Balaban J connectivity index is 0. The maximum Gasteiger partial charge on any atom is 1.00 e. The van der Waals surface area contributed by atoms with Gasteiger partial charge in [0.05, 0.1) is 0 Å². The van der Waals surface area contributed by atoms with Gasteiger partial charge in [0, 0.05) is 20.8 Å². The van der Waals surface area contributed by atoms with Crippen molar-refractivity contribution in [3.8, 4) is 0 Å². The average Bonchev–Trinajstić information content (AvgIpc) is 1.72. The molecule has 2 heteroatoms. The third-order valence-electron chi connectivity index (χ3n) is 1.22. The Bertz CT molecular complexity index is 30.0. The normalized spacial score (nSPS) is 9.00. The summed E-state index contributed by atoms with van der Waals surface area (Å²) < 4.78 is 3.07. The van der Waals surface area contributed by atoms with Crippen LogP contribution < -0.4 is 29.6 Å². The van der Waals surface area contributed by atoms with Crippen LogP contribution >= 0.6 is 0 Å². The molecule has 0 unspecified atom stereocenters. The molecule has 0 aromatic carbocycles. The fourth-order valence-corrected chi connectivity index (χ4v) is 0.612. The molecule has 0 amide bonds. The molecule has 0 heterocycles. The molecule has 0 aliphatic carbocycles. The molecule has 0 atom stereocenters. The van der Waals surface area contributed by atoms with Crippen molar-refractivity contribution in [2.24, 2.45) is 0 Å². The van der Waals surface area contributed by atoms with Crippen molar-refractivity contribution < 1.29 is 33.9 Å². The van der Waals surface area contributed by atoms with Gasteiger partial charge in [0.15, 0.2) is 0 Å². The largest absolute Gasteiger partial charge is 1.00 e. The number of rotatable bonds is 3. The van der Waals surface area contributed by atoms with E-state index < -0.39 is 0 Å². The van der Waals surface area contributed by atoms with Crippen LogP contribution in [0, 0.1) is 0 Å². The molecule has 0 aliphatic heterocycles. The Hall–Kier alpha value is 0.960. The minimum absolute atomic E-state index is 0. The molecule has 44 valence electrons. The summed E-state index contributed by atoms with van der Waals surface area (Å²) in [5.41, 5.74) is 0. The van der Waals surface area contributed by atoms with Gasteiger partial charge in [0.1, 0.15) is 19.8 Å². The second kappa shape index (κ2) is 7.96. The number of hydrogen-bond acceptors (Lipinski definition) is 0. The van der Waals surface area contributed by atoms with Crippen molar-refractivity contribution in [3.05, 3.63) is 0 Å². The molecule has 0 aromatic rings. The van der Waals surface area contributed by atoms with Crippen molar-refractivity contribution in [2.45, 2.75) is 20.8 Å². The first-order chi connectivity index (χ1) is 3.35. The zero-order chi connectivity index (χ0) is 5.70. The SMILES string of the molecule is CC[O+](CC)CC.[Na+]. The summed E-state index contributed by atoms with van der Waals surface area (Å²) in [5, 5.41) is 0. The monoisotopic (exact) mass is 126 g/mol. The van der Waals surface area contributed by atoms with Gasteiger partial charge in [-0.05, 0) is 0 Å². The molecule has 0 saturated heterocycles. The Morgan fingerprint density at radius 2 is 1.12 bits per heavy atom. The van der Waals surface area contributed by atoms with Crippen LogP contribution in [0.5, 0.6) is 0 Å². The summed E-state index contributed by atoms with van der Waals surface area (Å²) >= 11 is 0. The van der Waals surface area contributed by atoms with Crippen LogP contribution in [0.2, 0.25) is 0 Å². The van der Waals surface area contributed by atoms with E-state index in [0.717, 1.165) is 19.8 Å². The Labute approximate surface area is 74.4 Å². The van der Waals surface area contributed by atoms with Crippen LogP contribution in [-0.4, -0.2) is 19.8 Å². The fourth-order valence-electron chi connectivity index (χ4n) is 0.612. The predicted molar refractivity (Wildman–Crippen MR) is 32.7 cm³/mol. The van der Waals surface area contributed by atoms with Gasteiger partial charge in [0.2, 0.25) is 0 Å². The van der Waals surface area contributed by atoms with Crippen molar-refractivity contribution in [1.82, 2.24) is 0 Å². The van der Waals surface area contributed by atoms with Crippen molar-refractivity contribution >= 4 is 0 Å². The van der Waals surface area contributed by atoms with Gasteiger partial charge >= 0.3 is 29.6 Å². The maximum atomic E-state index is 3.07. The molecule has 0 aliphatic rings. The van der Waals surface area contributed by atoms with Gasteiger partial charge in [-0.1, -0.05) is 0 Å². The number of hydrogen-bond donors (Lipinski definition) is 0. The molecule has 0 spiro atoms. The molecule has 0 aromatic heterocycles. The van der Waals surface area contributed by atoms with Crippen molar-refractivity contribution in [3.63, 3.8) is 0 Å². The van der Waals surface area contributed by atoms with Crippen molar-refractivity contribution in [2.75, 3.05) is 19.8 Å². The van der Waals surface area contributed by atoms with E-state index in [1.165, 1.54) is 0 Å². The second-order valence-corrected chi connectivity index (χ2v) is 1.48. The summed E-state index contributed by atoms with van der Waals surface area (Å²) in [6.07, 6.45) is 0. The van der Waals surface area contributed by atoms with Crippen molar-refractivity contribution in [1.29, 1.82) is 0 Å². The van der Waals surface area contributed by atoms with E-state index in [1.807, 2.05) is 0 Å². The minimum Gasteiger partial charge on any atom is -0.422 e. The summed E-state index contributed by atoms with van der Waals surface area (Å²) in [5.74, 6) is 0. The standard InChI is InChI=1S/C6H15O.Na/c1-4-7(5-2)6-3;/h4-6H2,1-3H3;/q2*+1. The van der Waals surface area contributed by atoms with E-state index in [9.17, 15) is 0 Å². The Morgan fingerprint density at radius 3 is 1.12 bits per heavy atom. The zero-order valence-electron chi connectivity index (χ0n) is 6.53. The molecule has 0 bridgehead atoms. The molecular weight excluding hydrogens is 111 g/mol. The molecule has 1 nitrogen and oxygen atoms in total. The maximum absolute atomic E-state index is 3.07. The first-order valence-corrected chi connectivity index (χ1v) is 2.99. The summed E-state index contributed by atoms with van der Waals surface area (Å²) in [7, 11) is 0. The third kappa shape index (κ3) is 5.10. The summed E-state index contributed by atoms with van der Waals surface area (Å²) in [4.78, 5) is 0. The summed E-state index contributed by atoms with van der Waals surface area (Å²) in [6.45, 7) is 9.76. The molecule has 0 saturated carbocycles. The average molecular weight is 126 g/mol. The molecule has 0 rings (SSSR count). The molecule has 0 fully saturated rings. The van der Waals surface area contributed by atoms with Gasteiger partial charge in [-0.2, -0.15) is 0 Å². The van der Waals surface area contributed by atoms with Crippen LogP contribution in [0.15, 0.2) is 0 Å². The van der Waals surface area contributed by atoms with E-state index in [1.54, 1.807) is 0 Å². The molecular formula is C6H15NaO+2. The van der Waals surface area contributed by atoms with Gasteiger partial charge in [-0.15, -0.1) is 0 Å². The van der Waals surface area contributed by atoms with Gasteiger partial charge in [0.25, 0.3) is 0 Å². The van der Waals surface area contributed by atoms with Crippen LogP contribution in [0.1, 0.15) is 20.8 Å². The smallest absolute Gasteiger partial charge is 0.422 e. The Kier molecular flexibility index (Phi) is 11.7. The topological polar surface area (TPSA) is 2.70 Å².